The Bertz CT molecular complexity index is 904. The molecule has 0 N–H and O–H groups in total. The summed E-state index contributed by atoms with van der Waals surface area (Å²) in [7, 11) is -3.72. The van der Waals surface area contributed by atoms with Gasteiger partial charge in [0.2, 0.25) is 10.0 Å². The predicted molar refractivity (Wildman–Crippen MR) is 99.9 cm³/mol. The van der Waals surface area contributed by atoms with Gasteiger partial charge in [0.25, 0.3) is 5.69 Å². The van der Waals surface area contributed by atoms with E-state index in [4.69, 9.17) is 0 Å². The molecule has 1 saturated heterocycles. The van der Waals surface area contributed by atoms with Crippen molar-refractivity contribution in [1.82, 2.24) is 18.8 Å². The van der Waals surface area contributed by atoms with Crippen LogP contribution in [0, 0.1) is 10.1 Å². The van der Waals surface area contributed by atoms with Crippen molar-refractivity contribution in [3.05, 3.63) is 52.6 Å². The highest BCUT2D eigenvalue weighted by Crippen LogP contribution is 2.22. The minimum absolute atomic E-state index is 0.0313. The highest BCUT2D eigenvalue weighted by molar-refractivity contribution is 7.89. The minimum Gasteiger partial charge on any atom is -0.334 e. The molecule has 2 aromatic rings. The Balaban J connectivity index is 1.59. The van der Waals surface area contributed by atoms with Crippen LogP contribution in [0.15, 0.2) is 41.6 Å². The average molecular weight is 393 g/mol. The van der Waals surface area contributed by atoms with Gasteiger partial charge in [-0.15, -0.1) is 0 Å². The molecule has 0 amide bonds. The number of nitro groups is 1. The second-order valence-corrected chi connectivity index (χ2v) is 8.33. The number of imidazole rings is 1. The molecule has 2 heterocycles. The van der Waals surface area contributed by atoms with Crippen LogP contribution in [-0.4, -0.2) is 64.8 Å². The van der Waals surface area contributed by atoms with E-state index in [1.807, 2.05) is 6.20 Å². The molecule has 10 heteroatoms. The number of nitro benzene ring substituents is 1. The Morgan fingerprint density at radius 1 is 1.19 bits per heavy atom. The second-order valence-electron chi connectivity index (χ2n) is 6.39. The van der Waals surface area contributed by atoms with Gasteiger partial charge in [0.15, 0.2) is 0 Å². The molecule has 0 spiro atoms. The van der Waals surface area contributed by atoms with Gasteiger partial charge in [-0.25, -0.2) is 13.4 Å². The minimum atomic E-state index is -3.72. The van der Waals surface area contributed by atoms with Gasteiger partial charge >= 0.3 is 0 Å². The number of hydrogen-bond acceptors (Lipinski definition) is 6. The van der Waals surface area contributed by atoms with Crippen LogP contribution in [-0.2, 0) is 23.0 Å². The van der Waals surface area contributed by atoms with E-state index in [9.17, 15) is 18.5 Å². The smallest absolute Gasteiger partial charge is 0.270 e. The first-order valence-electron chi connectivity index (χ1n) is 8.89. The molecule has 1 aromatic carbocycles. The number of nitrogens with zero attached hydrogens (tertiary/aromatic N) is 5. The third-order valence-electron chi connectivity index (χ3n) is 4.77. The number of sulfonamides is 1. The van der Waals surface area contributed by atoms with Crippen molar-refractivity contribution in [2.24, 2.45) is 0 Å². The molecule has 0 atom stereocenters. The summed E-state index contributed by atoms with van der Waals surface area (Å²) in [5, 5.41) is 10.9. The Kier molecular flexibility index (Phi) is 5.88. The monoisotopic (exact) mass is 393 g/mol. The molecule has 1 aliphatic heterocycles. The van der Waals surface area contributed by atoms with E-state index < -0.39 is 14.9 Å². The molecule has 3 rings (SSSR count). The number of piperazine rings is 1. The van der Waals surface area contributed by atoms with E-state index >= 15 is 0 Å². The maximum absolute atomic E-state index is 12.8. The Morgan fingerprint density at radius 2 is 1.93 bits per heavy atom. The zero-order valence-corrected chi connectivity index (χ0v) is 16.0. The summed E-state index contributed by atoms with van der Waals surface area (Å²) in [4.78, 5) is 16.8. The topological polar surface area (TPSA) is 102 Å². The molecule has 0 aliphatic carbocycles. The molecular weight excluding hydrogens is 370 g/mol. The summed E-state index contributed by atoms with van der Waals surface area (Å²) in [6, 6.07) is 5.21. The molecule has 0 radical (unpaired) electrons. The van der Waals surface area contributed by atoms with Gasteiger partial charge in [-0.2, -0.15) is 4.31 Å². The third kappa shape index (κ3) is 4.34. The van der Waals surface area contributed by atoms with Crippen molar-refractivity contribution in [2.75, 3.05) is 32.7 Å². The fourth-order valence-electron chi connectivity index (χ4n) is 3.21. The van der Waals surface area contributed by atoms with E-state index in [1.165, 1.54) is 22.5 Å². The Hall–Kier alpha value is -2.30. The van der Waals surface area contributed by atoms with Crippen LogP contribution in [0.2, 0.25) is 0 Å². The van der Waals surface area contributed by atoms with E-state index in [1.54, 1.807) is 6.20 Å². The summed E-state index contributed by atoms with van der Waals surface area (Å²) in [6.45, 7) is 5.71. The van der Waals surface area contributed by atoms with Gasteiger partial charge < -0.3 is 4.57 Å². The quantitative estimate of drug-likeness (QED) is 0.520. The molecule has 9 nitrogen and oxygen atoms in total. The van der Waals surface area contributed by atoms with Crippen LogP contribution in [0.5, 0.6) is 0 Å². The van der Waals surface area contributed by atoms with Crippen molar-refractivity contribution in [2.45, 2.75) is 24.8 Å². The zero-order valence-electron chi connectivity index (χ0n) is 15.2. The maximum Gasteiger partial charge on any atom is 0.270 e. The molecule has 27 heavy (non-hydrogen) atoms. The van der Waals surface area contributed by atoms with E-state index in [0.29, 0.717) is 26.2 Å². The highest BCUT2D eigenvalue weighted by atomic mass is 32.2. The Morgan fingerprint density at radius 3 is 2.59 bits per heavy atom. The van der Waals surface area contributed by atoms with Crippen molar-refractivity contribution >= 4 is 15.7 Å². The molecule has 0 unspecified atom stereocenters. The van der Waals surface area contributed by atoms with Crippen LogP contribution in [0.25, 0.3) is 0 Å². The zero-order chi connectivity index (χ0) is 19.4. The third-order valence-corrected chi connectivity index (χ3v) is 6.67. The van der Waals surface area contributed by atoms with Gasteiger partial charge in [0.05, 0.1) is 9.82 Å². The van der Waals surface area contributed by atoms with E-state index in [0.717, 1.165) is 31.4 Å². The van der Waals surface area contributed by atoms with Crippen LogP contribution >= 0.6 is 0 Å². The van der Waals surface area contributed by atoms with Gasteiger partial charge in [-0.1, -0.05) is 13.0 Å². The summed E-state index contributed by atoms with van der Waals surface area (Å²) in [6.07, 6.45) is 4.63. The van der Waals surface area contributed by atoms with Crippen molar-refractivity contribution in [1.29, 1.82) is 0 Å². The summed E-state index contributed by atoms with van der Waals surface area (Å²) in [5.41, 5.74) is -0.221. The molecule has 1 fully saturated rings. The number of rotatable bonds is 7. The number of aryl methyl sites for hydroxylation is 1. The van der Waals surface area contributed by atoms with Gasteiger partial charge in [-0.3, -0.25) is 15.0 Å². The molecule has 1 aliphatic rings. The first-order valence-corrected chi connectivity index (χ1v) is 10.3. The van der Waals surface area contributed by atoms with Crippen molar-refractivity contribution in [3.8, 4) is 0 Å². The maximum atomic E-state index is 12.8. The molecular formula is C17H23N5O4S. The lowest BCUT2D eigenvalue weighted by atomic mass is 10.3. The largest absolute Gasteiger partial charge is 0.334 e. The van der Waals surface area contributed by atoms with Gasteiger partial charge in [0, 0.05) is 70.2 Å². The lowest BCUT2D eigenvalue weighted by molar-refractivity contribution is -0.385. The predicted octanol–water partition coefficient (Wildman–Crippen LogP) is 1.36. The summed E-state index contributed by atoms with van der Waals surface area (Å²) < 4.78 is 29.1. The first kappa shape index (κ1) is 19.5. The summed E-state index contributed by atoms with van der Waals surface area (Å²) in [5.74, 6) is 1.04. The molecule has 1 aromatic heterocycles. The lowest BCUT2D eigenvalue weighted by Crippen LogP contribution is -2.49. The highest BCUT2D eigenvalue weighted by Gasteiger charge is 2.29. The fourth-order valence-corrected chi connectivity index (χ4v) is 4.67. The number of aromatic nitrogens is 2. The lowest BCUT2D eigenvalue weighted by Gasteiger charge is -2.34. The van der Waals surface area contributed by atoms with Crippen LogP contribution in [0.1, 0.15) is 12.7 Å². The van der Waals surface area contributed by atoms with Gasteiger partial charge in [0.1, 0.15) is 5.82 Å². The van der Waals surface area contributed by atoms with Crippen LogP contribution in [0.4, 0.5) is 5.69 Å². The number of hydrogen-bond donors (Lipinski definition) is 0. The standard InChI is InChI=1S/C17H23N5O4S/c1-2-17-18-6-7-20(17)11-8-19-9-12-21(13-10-19)27(25,26)16-5-3-4-15(14-16)22(23)24/h3-7,14H,2,8-13H2,1H3. The van der Waals surface area contributed by atoms with E-state index in [2.05, 4.69) is 21.4 Å². The number of non-ortho nitro benzene ring substituents is 1. The first-order chi connectivity index (χ1) is 12.9. The van der Waals surface area contributed by atoms with Crippen molar-refractivity contribution < 1.29 is 13.3 Å². The fraction of sp³-hybridized carbons (Fsp3) is 0.471. The molecule has 0 bridgehead atoms. The van der Waals surface area contributed by atoms with Crippen molar-refractivity contribution in [3.63, 3.8) is 0 Å². The van der Waals surface area contributed by atoms with Gasteiger partial charge in [-0.05, 0) is 6.07 Å². The summed E-state index contributed by atoms with van der Waals surface area (Å²) >= 11 is 0. The average Bonchev–Trinajstić information content (AvgIpc) is 3.14. The SMILES string of the molecule is CCc1nccn1CCN1CCN(S(=O)(=O)c2cccc([N+](=O)[O-])c2)CC1. The van der Waals surface area contributed by atoms with Crippen LogP contribution in [0.3, 0.4) is 0 Å². The number of benzene rings is 1. The second kappa shape index (κ2) is 8.15. The Labute approximate surface area is 158 Å². The molecule has 146 valence electrons. The normalized spacial score (nSPS) is 16.5. The van der Waals surface area contributed by atoms with Crippen LogP contribution < -0.4 is 0 Å². The van der Waals surface area contributed by atoms with E-state index in [-0.39, 0.29) is 10.6 Å². The molecule has 0 saturated carbocycles.